The second kappa shape index (κ2) is 9.30. The van der Waals surface area contributed by atoms with E-state index in [2.05, 4.69) is 0 Å². The van der Waals surface area contributed by atoms with Gasteiger partial charge in [-0.25, -0.2) is 0 Å². The van der Waals surface area contributed by atoms with Crippen LogP contribution in [0.25, 0.3) is 0 Å². The molecular formula is C3H6F2OS. The van der Waals surface area contributed by atoms with Crippen LogP contribution in [-0.2, 0) is 4.79 Å². The van der Waals surface area contributed by atoms with Crippen LogP contribution in [0.15, 0.2) is 0 Å². The van der Waals surface area contributed by atoms with Gasteiger partial charge in [-0.15, -0.1) is 0 Å². The molecule has 44 valence electrons. The number of alkyl halides is 2. The fourth-order valence-electron chi connectivity index (χ4n) is 0. The first-order chi connectivity index (χ1) is 3.27. The Bertz CT molecular complexity index is 34.1. The van der Waals surface area contributed by atoms with Gasteiger partial charge in [0.05, 0.1) is 0 Å². The largest absolute Gasteiger partial charge is 0.307 e. The van der Waals surface area contributed by atoms with E-state index in [9.17, 15) is 8.78 Å². The predicted molar refractivity (Wildman–Crippen MR) is 26.6 cm³/mol. The van der Waals surface area contributed by atoms with E-state index in [0.29, 0.717) is 11.8 Å². The highest BCUT2D eigenvalue weighted by atomic mass is 32.2. The molecule has 0 saturated carbocycles. The highest BCUT2D eigenvalue weighted by molar-refractivity contribution is 7.98. The van der Waals surface area contributed by atoms with Crippen LogP contribution in [0.4, 0.5) is 8.78 Å². The standard InChI is InChI=1S/C2H4F2S.CH2O/c1-5-2(3)4;1-2/h2H,1H3;1H2. The molecule has 0 fully saturated rings. The smallest absolute Gasteiger partial charge is 0.284 e. The van der Waals surface area contributed by atoms with Crippen LogP contribution < -0.4 is 0 Å². The molecule has 1 nitrogen and oxygen atoms in total. The van der Waals surface area contributed by atoms with Gasteiger partial charge in [0.1, 0.15) is 6.79 Å². The molecule has 0 unspecified atom stereocenters. The lowest BCUT2D eigenvalue weighted by Gasteiger charge is -1.81. The van der Waals surface area contributed by atoms with Crippen molar-refractivity contribution in [1.29, 1.82) is 0 Å². The Morgan fingerprint density at radius 2 is 1.71 bits per heavy atom. The minimum Gasteiger partial charge on any atom is -0.307 e. The van der Waals surface area contributed by atoms with Gasteiger partial charge in [0.15, 0.2) is 0 Å². The number of halogens is 2. The van der Waals surface area contributed by atoms with Crippen molar-refractivity contribution in [3.63, 3.8) is 0 Å². The molecule has 0 radical (unpaired) electrons. The molecule has 0 spiro atoms. The number of thioether (sulfide) groups is 1. The maximum atomic E-state index is 10.7. The summed E-state index contributed by atoms with van der Waals surface area (Å²) in [5, 5.41) is 0. The molecule has 0 aromatic heterocycles. The van der Waals surface area contributed by atoms with Gasteiger partial charge in [-0.3, -0.25) is 0 Å². The first-order valence-corrected chi connectivity index (χ1v) is 2.66. The first kappa shape index (κ1) is 9.99. The topological polar surface area (TPSA) is 17.1 Å². The minimum atomic E-state index is -2.20. The highest BCUT2D eigenvalue weighted by Gasteiger charge is 1.91. The lowest BCUT2D eigenvalue weighted by atomic mass is 11.7. The lowest BCUT2D eigenvalue weighted by Crippen LogP contribution is -1.72. The van der Waals surface area contributed by atoms with E-state index in [-0.39, 0.29) is 0 Å². The SMILES string of the molecule is C=O.CSC(F)F. The third-order valence-electron chi connectivity index (χ3n) is 0.178. The maximum Gasteiger partial charge on any atom is 0.284 e. The zero-order chi connectivity index (χ0) is 6.28. The molecule has 0 aliphatic heterocycles. The van der Waals surface area contributed by atoms with Crippen LogP contribution in [0.3, 0.4) is 0 Å². The number of carbonyl (C=O) groups excluding carboxylic acids is 1. The molecule has 0 rings (SSSR count). The van der Waals surface area contributed by atoms with E-state index < -0.39 is 5.76 Å². The number of hydrogen-bond donors (Lipinski definition) is 0. The molecule has 0 N–H and O–H groups in total. The van der Waals surface area contributed by atoms with Gasteiger partial charge in [-0.05, 0) is 6.26 Å². The monoisotopic (exact) mass is 128 g/mol. The van der Waals surface area contributed by atoms with Gasteiger partial charge in [0.25, 0.3) is 5.76 Å². The van der Waals surface area contributed by atoms with Crippen LogP contribution in [0.2, 0.25) is 0 Å². The van der Waals surface area contributed by atoms with Crippen molar-refractivity contribution in [2.24, 2.45) is 0 Å². The summed E-state index contributed by atoms with van der Waals surface area (Å²) in [4.78, 5) is 8.00. The summed E-state index contributed by atoms with van der Waals surface area (Å²) in [7, 11) is 0. The molecule has 0 heterocycles. The molecule has 0 aromatic carbocycles. The fraction of sp³-hybridized carbons (Fsp3) is 0.667. The predicted octanol–water partition coefficient (Wildman–Crippen LogP) is 1.39. The quantitative estimate of drug-likeness (QED) is 0.530. The van der Waals surface area contributed by atoms with Crippen molar-refractivity contribution in [2.75, 3.05) is 6.26 Å². The van der Waals surface area contributed by atoms with E-state index in [4.69, 9.17) is 4.79 Å². The van der Waals surface area contributed by atoms with Crippen molar-refractivity contribution >= 4 is 18.6 Å². The second-order valence-electron chi connectivity index (χ2n) is 0.496. The summed E-state index contributed by atoms with van der Waals surface area (Å²) in [6.45, 7) is 2.00. The average molecular weight is 128 g/mol. The van der Waals surface area contributed by atoms with Crippen LogP contribution in [-0.4, -0.2) is 18.8 Å². The first-order valence-electron chi connectivity index (χ1n) is 1.37. The van der Waals surface area contributed by atoms with Crippen molar-refractivity contribution in [3.05, 3.63) is 0 Å². The van der Waals surface area contributed by atoms with Crippen LogP contribution >= 0.6 is 11.8 Å². The Morgan fingerprint density at radius 1 is 1.57 bits per heavy atom. The molecular weight excluding hydrogens is 122 g/mol. The van der Waals surface area contributed by atoms with Crippen molar-refractivity contribution in [3.8, 4) is 0 Å². The van der Waals surface area contributed by atoms with Gasteiger partial charge >= 0.3 is 0 Å². The lowest BCUT2D eigenvalue weighted by molar-refractivity contribution is -0.0979. The molecule has 0 amide bonds. The van der Waals surface area contributed by atoms with E-state index in [1.54, 1.807) is 0 Å². The number of hydrogen-bond acceptors (Lipinski definition) is 2. The van der Waals surface area contributed by atoms with Gasteiger partial charge < -0.3 is 4.79 Å². The maximum absolute atomic E-state index is 10.7. The average Bonchev–Trinajstić information content (AvgIpc) is 1.73. The Kier molecular flexibility index (Phi) is 13.3. The zero-order valence-corrected chi connectivity index (χ0v) is 4.67. The summed E-state index contributed by atoms with van der Waals surface area (Å²) in [6.07, 6.45) is 1.37. The Balaban J connectivity index is 0. The minimum absolute atomic E-state index is 0.546. The molecule has 0 aromatic rings. The van der Waals surface area contributed by atoms with Crippen LogP contribution in [0.1, 0.15) is 0 Å². The number of rotatable bonds is 1. The van der Waals surface area contributed by atoms with Crippen LogP contribution in [0, 0.1) is 0 Å². The normalized spacial score (nSPS) is 7.43. The van der Waals surface area contributed by atoms with E-state index in [1.165, 1.54) is 6.26 Å². The van der Waals surface area contributed by atoms with Gasteiger partial charge in [-0.1, -0.05) is 11.8 Å². The van der Waals surface area contributed by atoms with Crippen molar-refractivity contribution in [1.82, 2.24) is 0 Å². The fourth-order valence-corrected chi connectivity index (χ4v) is 0. The van der Waals surface area contributed by atoms with E-state index in [0.717, 1.165) is 0 Å². The highest BCUT2D eigenvalue weighted by Crippen LogP contribution is 2.06. The van der Waals surface area contributed by atoms with Gasteiger partial charge in [0.2, 0.25) is 0 Å². The Hall–Kier alpha value is -0.120. The summed E-state index contributed by atoms with van der Waals surface area (Å²) in [5.41, 5.74) is 0. The van der Waals surface area contributed by atoms with Gasteiger partial charge in [-0.2, -0.15) is 8.78 Å². The molecule has 0 bridgehead atoms. The van der Waals surface area contributed by atoms with E-state index in [1.807, 2.05) is 6.79 Å². The second-order valence-corrected chi connectivity index (χ2v) is 1.32. The third-order valence-corrected chi connectivity index (χ3v) is 0.535. The molecule has 4 heteroatoms. The van der Waals surface area contributed by atoms with Crippen LogP contribution in [0.5, 0.6) is 0 Å². The third kappa shape index (κ3) is 25.0. The molecule has 0 atom stereocenters. The zero-order valence-electron chi connectivity index (χ0n) is 3.86. The molecule has 0 aliphatic carbocycles. The number of carbonyl (C=O) groups is 1. The summed E-state index contributed by atoms with van der Waals surface area (Å²) < 4.78 is 21.5. The summed E-state index contributed by atoms with van der Waals surface area (Å²) >= 11 is 0.546. The Morgan fingerprint density at radius 3 is 1.71 bits per heavy atom. The van der Waals surface area contributed by atoms with Gasteiger partial charge in [0, 0.05) is 0 Å². The molecule has 0 aliphatic rings. The summed E-state index contributed by atoms with van der Waals surface area (Å²) in [5.74, 6) is -2.20. The summed E-state index contributed by atoms with van der Waals surface area (Å²) in [6, 6.07) is 0. The molecule has 0 saturated heterocycles. The van der Waals surface area contributed by atoms with Crippen molar-refractivity contribution < 1.29 is 13.6 Å². The van der Waals surface area contributed by atoms with Crippen molar-refractivity contribution in [2.45, 2.75) is 5.76 Å². The molecule has 7 heavy (non-hydrogen) atoms. The van der Waals surface area contributed by atoms with E-state index >= 15 is 0 Å². The Labute approximate surface area is 45.1 Å².